The third-order valence-corrected chi connectivity index (χ3v) is 4.73. The van der Waals surface area contributed by atoms with Crippen LogP contribution in [0.4, 0.5) is 11.6 Å². The molecular formula is C19H27N5. The molecule has 5 heteroatoms. The molecule has 0 bridgehead atoms. The number of hydrogen-bond acceptors (Lipinski definition) is 5. The fraction of sp³-hybridized carbons (Fsp3) is 0.474. The second kappa shape index (κ2) is 7.62. The van der Waals surface area contributed by atoms with E-state index in [1.165, 1.54) is 24.0 Å². The van der Waals surface area contributed by atoms with Gasteiger partial charge in [0, 0.05) is 52.2 Å². The number of piperidine rings is 1. The van der Waals surface area contributed by atoms with Crippen LogP contribution in [0.3, 0.4) is 0 Å². The van der Waals surface area contributed by atoms with Crippen molar-refractivity contribution >= 4 is 11.6 Å². The lowest BCUT2D eigenvalue weighted by molar-refractivity contribution is 0.200. The number of aromatic nitrogens is 2. The number of likely N-dealkylation sites (tertiary alicyclic amines) is 1. The third-order valence-electron chi connectivity index (χ3n) is 4.73. The van der Waals surface area contributed by atoms with Crippen molar-refractivity contribution in [3.8, 4) is 0 Å². The summed E-state index contributed by atoms with van der Waals surface area (Å²) in [7, 11) is 6.02. The van der Waals surface area contributed by atoms with Gasteiger partial charge in [-0.2, -0.15) is 0 Å². The van der Waals surface area contributed by atoms with E-state index >= 15 is 0 Å². The highest BCUT2D eigenvalue weighted by Crippen LogP contribution is 2.29. The van der Waals surface area contributed by atoms with Gasteiger partial charge in [0.2, 0.25) is 0 Å². The van der Waals surface area contributed by atoms with Crippen molar-refractivity contribution in [3.63, 3.8) is 0 Å². The van der Waals surface area contributed by atoms with E-state index in [4.69, 9.17) is 0 Å². The molecule has 0 spiro atoms. The molecule has 0 aromatic carbocycles. The Morgan fingerprint density at radius 3 is 2.92 bits per heavy atom. The first-order chi connectivity index (χ1) is 11.7. The van der Waals surface area contributed by atoms with Crippen molar-refractivity contribution in [3.05, 3.63) is 47.8 Å². The third kappa shape index (κ3) is 3.85. The Morgan fingerprint density at radius 1 is 1.25 bits per heavy atom. The molecule has 0 amide bonds. The lowest BCUT2D eigenvalue weighted by atomic mass is 9.91. The Hall–Kier alpha value is -2.14. The normalized spacial score (nSPS) is 18.4. The maximum Gasteiger partial charge on any atom is 0.130 e. The summed E-state index contributed by atoms with van der Waals surface area (Å²) in [6, 6.07) is 8.59. The summed E-state index contributed by atoms with van der Waals surface area (Å²) in [6.07, 6.45) is 6.26. The van der Waals surface area contributed by atoms with Crippen LogP contribution in [-0.2, 0) is 6.54 Å². The number of anilines is 2. The highest BCUT2D eigenvalue weighted by molar-refractivity contribution is 5.43. The lowest BCUT2D eigenvalue weighted by Crippen LogP contribution is -2.34. The molecule has 1 saturated heterocycles. The quantitative estimate of drug-likeness (QED) is 0.915. The molecule has 5 nitrogen and oxygen atoms in total. The van der Waals surface area contributed by atoms with Gasteiger partial charge in [0.1, 0.15) is 11.6 Å². The fourth-order valence-electron chi connectivity index (χ4n) is 3.44. The number of pyridine rings is 2. The Labute approximate surface area is 144 Å². The smallest absolute Gasteiger partial charge is 0.130 e. The summed E-state index contributed by atoms with van der Waals surface area (Å²) in [5.74, 6) is 2.60. The Bertz CT molecular complexity index is 670. The van der Waals surface area contributed by atoms with Gasteiger partial charge in [-0.1, -0.05) is 6.07 Å². The molecule has 1 fully saturated rings. The highest BCUT2D eigenvalue weighted by Gasteiger charge is 2.22. The molecule has 128 valence electrons. The van der Waals surface area contributed by atoms with Crippen molar-refractivity contribution in [2.75, 3.05) is 44.4 Å². The summed E-state index contributed by atoms with van der Waals surface area (Å²) < 4.78 is 0. The van der Waals surface area contributed by atoms with E-state index < -0.39 is 0 Å². The average molecular weight is 325 g/mol. The molecule has 1 aliphatic rings. The van der Waals surface area contributed by atoms with Crippen molar-refractivity contribution in [2.24, 2.45) is 0 Å². The molecule has 1 aliphatic heterocycles. The van der Waals surface area contributed by atoms with Gasteiger partial charge in [-0.15, -0.1) is 0 Å². The van der Waals surface area contributed by atoms with Crippen molar-refractivity contribution in [2.45, 2.75) is 25.3 Å². The summed E-state index contributed by atoms with van der Waals surface area (Å²) in [6.45, 7) is 3.20. The molecule has 1 N–H and O–H groups in total. The maximum atomic E-state index is 4.44. The van der Waals surface area contributed by atoms with Gasteiger partial charge in [0.25, 0.3) is 0 Å². The van der Waals surface area contributed by atoms with Crippen LogP contribution in [0.5, 0.6) is 0 Å². The highest BCUT2D eigenvalue weighted by atomic mass is 15.1. The van der Waals surface area contributed by atoms with Crippen molar-refractivity contribution in [1.82, 2.24) is 14.9 Å². The molecule has 3 rings (SSSR count). The first-order valence-electron chi connectivity index (χ1n) is 8.64. The Morgan fingerprint density at radius 2 is 2.12 bits per heavy atom. The number of hydrogen-bond donors (Lipinski definition) is 1. The summed E-state index contributed by atoms with van der Waals surface area (Å²) in [5.41, 5.74) is 2.67. The predicted octanol–water partition coefficient (Wildman–Crippen LogP) is 2.96. The molecule has 1 unspecified atom stereocenters. The molecule has 2 aromatic heterocycles. The SMILES string of the molecule is CNc1ncccc1CN1CCCC(c2ccnc(N(C)C)c2)C1. The minimum Gasteiger partial charge on any atom is -0.373 e. The zero-order chi connectivity index (χ0) is 16.9. The standard InChI is InChI=1S/C19H27N5/c1-20-19-17(6-4-9-22-19)14-24-11-5-7-16(13-24)15-8-10-21-18(12-15)23(2)3/h4,6,8-10,12,16H,5,7,11,13-14H2,1-3H3,(H,20,22). The van der Waals surface area contributed by atoms with Crippen LogP contribution in [0, 0.1) is 0 Å². The molecule has 1 atom stereocenters. The molecule has 24 heavy (non-hydrogen) atoms. The van der Waals surface area contributed by atoms with Crippen molar-refractivity contribution in [1.29, 1.82) is 0 Å². The second-order valence-electron chi connectivity index (χ2n) is 6.68. The summed E-state index contributed by atoms with van der Waals surface area (Å²) in [4.78, 5) is 13.5. The first kappa shape index (κ1) is 16.7. The van der Waals surface area contributed by atoms with Gasteiger partial charge < -0.3 is 10.2 Å². The number of nitrogens with zero attached hydrogens (tertiary/aromatic N) is 4. The second-order valence-corrected chi connectivity index (χ2v) is 6.68. The zero-order valence-electron chi connectivity index (χ0n) is 14.9. The summed E-state index contributed by atoms with van der Waals surface area (Å²) in [5, 5.41) is 3.20. The van der Waals surface area contributed by atoms with Crippen LogP contribution >= 0.6 is 0 Å². The van der Waals surface area contributed by atoms with E-state index in [-0.39, 0.29) is 0 Å². The molecule has 3 heterocycles. The van der Waals surface area contributed by atoms with Crippen LogP contribution in [-0.4, -0.2) is 49.1 Å². The van der Waals surface area contributed by atoms with Gasteiger partial charge in [-0.25, -0.2) is 9.97 Å². The van der Waals surface area contributed by atoms with Crippen LogP contribution in [0.1, 0.15) is 29.9 Å². The van der Waals surface area contributed by atoms with E-state index in [0.29, 0.717) is 5.92 Å². The predicted molar refractivity (Wildman–Crippen MR) is 99.6 cm³/mol. The lowest BCUT2D eigenvalue weighted by Gasteiger charge is -2.33. The fourth-order valence-corrected chi connectivity index (χ4v) is 3.44. The van der Waals surface area contributed by atoms with Crippen LogP contribution in [0.25, 0.3) is 0 Å². The molecule has 0 saturated carbocycles. The van der Waals surface area contributed by atoms with E-state index in [1.54, 1.807) is 0 Å². The zero-order valence-corrected chi connectivity index (χ0v) is 14.9. The van der Waals surface area contributed by atoms with E-state index in [1.807, 2.05) is 39.6 Å². The molecule has 0 aliphatic carbocycles. The molecule has 2 aromatic rings. The monoisotopic (exact) mass is 325 g/mol. The van der Waals surface area contributed by atoms with E-state index in [2.05, 4.69) is 43.3 Å². The molecular weight excluding hydrogens is 298 g/mol. The van der Waals surface area contributed by atoms with E-state index in [0.717, 1.165) is 31.3 Å². The molecule has 0 radical (unpaired) electrons. The Balaban J connectivity index is 1.71. The van der Waals surface area contributed by atoms with Gasteiger partial charge in [0.15, 0.2) is 0 Å². The number of nitrogens with one attached hydrogen (secondary N) is 1. The minimum absolute atomic E-state index is 0.579. The summed E-state index contributed by atoms with van der Waals surface area (Å²) >= 11 is 0. The van der Waals surface area contributed by atoms with Crippen molar-refractivity contribution < 1.29 is 0 Å². The van der Waals surface area contributed by atoms with Gasteiger partial charge in [-0.05, 0) is 49.1 Å². The number of rotatable bonds is 5. The van der Waals surface area contributed by atoms with Gasteiger partial charge >= 0.3 is 0 Å². The van der Waals surface area contributed by atoms with Crippen LogP contribution in [0.15, 0.2) is 36.7 Å². The average Bonchev–Trinajstić information content (AvgIpc) is 2.62. The minimum atomic E-state index is 0.579. The van der Waals surface area contributed by atoms with Gasteiger partial charge in [0.05, 0.1) is 0 Å². The topological polar surface area (TPSA) is 44.3 Å². The first-order valence-corrected chi connectivity index (χ1v) is 8.64. The van der Waals surface area contributed by atoms with Gasteiger partial charge in [-0.3, -0.25) is 4.90 Å². The van der Waals surface area contributed by atoms with E-state index in [9.17, 15) is 0 Å². The maximum absolute atomic E-state index is 4.44. The van der Waals surface area contributed by atoms with Crippen LogP contribution in [0.2, 0.25) is 0 Å². The van der Waals surface area contributed by atoms with Crippen LogP contribution < -0.4 is 10.2 Å². The largest absolute Gasteiger partial charge is 0.373 e. The Kier molecular flexibility index (Phi) is 5.30.